The van der Waals surface area contributed by atoms with Gasteiger partial charge in [-0.25, -0.2) is 15.0 Å². The molecule has 0 amide bonds. The molecule has 1 fully saturated rings. The molecule has 0 bridgehead atoms. The van der Waals surface area contributed by atoms with Crippen LogP contribution in [0.3, 0.4) is 0 Å². The number of hydrogen-bond acceptors (Lipinski definition) is 9. The lowest BCUT2D eigenvalue weighted by Crippen LogP contribution is -2.36. The van der Waals surface area contributed by atoms with Crippen LogP contribution in [0.25, 0.3) is 21.0 Å². The summed E-state index contributed by atoms with van der Waals surface area (Å²) in [7, 11) is 0. The van der Waals surface area contributed by atoms with Crippen LogP contribution in [0.4, 0.5) is 11.6 Å². The number of anilines is 2. The van der Waals surface area contributed by atoms with Crippen LogP contribution in [0.2, 0.25) is 0 Å². The lowest BCUT2D eigenvalue weighted by Gasteiger charge is -2.34. The van der Waals surface area contributed by atoms with E-state index in [4.69, 9.17) is 4.74 Å². The first-order valence-corrected chi connectivity index (χ1v) is 14.5. The van der Waals surface area contributed by atoms with Gasteiger partial charge in [0.25, 0.3) is 0 Å². The van der Waals surface area contributed by atoms with Crippen molar-refractivity contribution >= 4 is 40.3 Å². The number of carbonyl (C=O) groups is 1. The normalized spacial score (nSPS) is 19.8. The summed E-state index contributed by atoms with van der Waals surface area (Å²) >= 11 is 3.14. The van der Waals surface area contributed by atoms with E-state index in [0.29, 0.717) is 36.6 Å². The highest BCUT2D eigenvalue weighted by molar-refractivity contribution is 7.15. The molecule has 38 heavy (non-hydrogen) atoms. The number of esters is 1. The Bertz CT molecular complexity index is 1420. The van der Waals surface area contributed by atoms with Crippen molar-refractivity contribution < 1.29 is 14.6 Å². The number of thiophene rings is 1. The van der Waals surface area contributed by atoms with Gasteiger partial charge in [-0.2, -0.15) is 0 Å². The molecule has 1 aliphatic carbocycles. The Morgan fingerprint density at radius 2 is 1.92 bits per heavy atom. The van der Waals surface area contributed by atoms with Crippen molar-refractivity contribution in [3.63, 3.8) is 0 Å². The van der Waals surface area contributed by atoms with E-state index in [1.807, 2.05) is 57.5 Å². The highest BCUT2D eigenvalue weighted by atomic mass is 32.1. The molecule has 198 valence electrons. The first-order valence-electron chi connectivity index (χ1n) is 12.8. The Balaban J connectivity index is 1.30. The second-order valence-corrected chi connectivity index (χ2v) is 12.8. The van der Waals surface area contributed by atoms with Crippen molar-refractivity contribution in [2.75, 3.05) is 5.32 Å². The minimum absolute atomic E-state index is 0.177. The summed E-state index contributed by atoms with van der Waals surface area (Å²) in [4.78, 5) is 28.2. The van der Waals surface area contributed by atoms with Gasteiger partial charge in [0.05, 0.1) is 21.4 Å². The van der Waals surface area contributed by atoms with Crippen LogP contribution in [0.1, 0.15) is 57.0 Å². The van der Waals surface area contributed by atoms with Crippen molar-refractivity contribution in [1.82, 2.24) is 15.0 Å². The minimum Gasteiger partial charge on any atom is -0.460 e. The second-order valence-electron chi connectivity index (χ2n) is 10.8. The average molecular weight is 549 g/mol. The van der Waals surface area contributed by atoms with E-state index in [1.165, 1.54) is 11.3 Å². The Morgan fingerprint density at radius 1 is 1.13 bits per heavy atom. The first kappa shape index (κ1) is 26.5. The van der Waals surface area contributed by atoms with Gasteiger partial charge in [0.2, 0.25) is 5.95 Å². The molecular weight excluding hydrogens is 516 g/mol. The Labute approximate surface area is 231 Å². The number of benzene rings is 1. The van der Waals surface area contributed by atoms with Gasteiger partial charge >= 0.3 is 5.97 Å². The number of hydrogen-bond donors (Lipinski definition) is 2. The highest BCUT2D eigenvalue weighted by Gasteiger charge is 2.40. The molecule has 0 saturated heterocycles. The number of nitrogens with one attached hydrogen (secondary N) is 1. The number of aryl methyl sites for hydroxylation is 1. The summed E-state index contributed by atoms with van der Waals surface area (Å²) in [5, 5.41) is 17.5. The molecule has 1 aromatic carbocycles. The topological polar surface area (TPSA) is 97.2 Å². The van der Waals surface area contributed by atoms with Gasteiger partial charge < -0.3 is 15.2 Å². The van der Waals surface area contributed by atoms with Crippen LogP contribution in [-0.4, -0.2) is 31.6 Å². The third-order valence-electron chi connectivity index (χ3n) is 6.50. The monoisotopic (exact) mass is 548 g/mol. The average Bonchev–Trinajstić information content (AvgIpc) is 3.56. The predicted octanol–water partition coefficient (Wildman–Crippen LogP) is 7.10. The van der Waals surface area contributed by atoms with Gasteiger partial charge in [-0.1, -0.05) is 12.1 Å². The molecule has 3 aromatic heterocycles. The number of ether oxygens (including phenoxy) is 1. The van der Waals surface area contributed by atoms with E-state index in [2.05, 4.69) is 38.5 Å². The van der Waals surface area contributed by atoms with Crippen molar-refractivity contribution in [3.05, 3.63) is 64.7 Å². The Kier molecular flexibility index (Phi) is 7.35. The summed E-state index contributed by atoms with van der Waals surface area (Å²) in [6.45, 7) is 7.68. The molecule has 9 heteroatoms. The minimum atomic E-state index is -1.03. The lowest BCUT2D eigenvalue weighted by molar-refractivity contribution is -0.163. The Morgan fingerprint density at radius 3 is 2.63 bits per heavy atom. The fraction of sp³-hybridized carbons (Fsp3) is 0.379. The van der Waals surface area contributed by atoms with Crippen molar-refractivity contribution in [3.8, 4) is 21.0 Å². The summed E-state index contributed by atoms with van der Waals surface area (Å²) < 4.78 is 5.56. The quantitative estimate of drug-likeness (QED) is 0.248. The summed E-state index contributed by atoms with van der Waals surface area (Å²) in [5.41, 5.74) is 2.34. The summed E-state index contributed by atoms with van der Waals surface area (Å²) in [5.74, 6) is 0.178. The zero-order valence-corrected chi connectivity index (χ0v) is 23.7. The fourth-order valence-electron chi connectivity index (χ4n) is 4.66. The van der Waals surface area contributed by atoms with Crippen LogP contribution in [0.5, 0.6) is 0 Å². The number of carbonyl (C=O) groups excluding carboxylic acids is 1. The van der Waals surface area contributed by atoms with Crippen LogP contribution < -0.4 is 5.32 Å². The highest BCUT2D eigenvalue weighted by Crippen LogP contribution is 2.43. The molecule has 4 aromatic rings. The molecule has 0 unspecified atom stereocenters. The largest absolute Gasteiger partial charge is 0.460 e. The maximum atomic E-state index is 12.5. The number of rotatable bonds is 6. The Hall–Kier alpha value is -3.14. The predicted molar refractivity (Wildman–Crippen MR) is 153 cm³/mol. The lowest BCUT2D eigenvalue weighted by atomic mass is 9.79. The van der Waals surface area contributed by atoms with E-state index >= 15 is 0 Å². The zero-order chi connectivity index (χ0) is 26.9. The third kappa shape index (κ3) is 6.11. The number of nitrogens with zero attached hydrogens (tertiary/aromatic N) is 3. The van der Waals surface area contributed by atoms with E-state index in [9.17, 15) is 9.90 Å². The molecule has 2 N–H and O–H groups in total. The molecule has 7 nitrogen and oxygen atoms in total. The van der Waals surface area contributed by atoms with Crippen LogP contribution in [-0.2, 0) is 15.1 Å². The van der Waals surface area contributed by atoms with E-state index < -0.39 is 11.2 Å². The van der Waals surface area contributed by atoms with E-state index in [0.717, 1.165) is 32.3 Å². The van der Waals surface area contributed by atoms with Crippen molar-refractivity contribution in [1.29, 1.82) is 0 Å². The molecular formula is C29H32N4O3S2. The molecule has 0 radical (unpaired) electrons. The van der Waals surface area contributed by atoms with E-state index in [1.54, 1.807) is 17.5 Å². The molecule has 0 spiro atoms. The van der Waals surface area contributed by atoms with Crippen molar-refractivity contribution in [2.24, 2.45) is 5.92 Å². The van der Waals surface area contributed by atoms with Crippen molar-refractivity contribution in [2.45, 2.75) is 64.6 Å². The maximum Gasteiger partial charge on any atom is 0.309 e. The standard InChI is InChI=1S/C29H32N4O3S2/c1-18-14-20(16-21(15-18)32-27-30-12-9-22(33-27)23-6-5-13-37-23)24-17-31-26(38-24)29(35)10-7-19(8-11-29)25(34)36-28(2,3)4/h5-6,9,12-17,19,35H,7-8,10-11H2,1-4H3,(H,30,32,33)/t19-,29-. The molecule has 1 aliphatic rings. The van der Waals surface area contributed by atoms with Gasteiger partial charge in [-0.05, 0) is 94.2 Å². The van der Waals surface area contributed by atoms with Crippen LogP contribution >= 0.6 is 22.7 Å². The fourth-order valence-corrected chi connectivity index (χ4v) is 6.40. The van der Waals surface area contributed by atoms with E-state index in [-0.39, 0.29) is 11.9 Å². The van der Waals surface area contributed by atoms with Crippen LogP contribution in [0.15, 0.2) is 54.2 Å². The number of aliphatic hydroxyl groups is 1. The first-order chi connectivity index (χ1) is 18.1. The zero-order valence-electron chi connectivity index (χ0n) is 22.0. The third-order valence-corrected chi connectivity index (χ3v) is 8.64. The van der Waals surface area contributed by atoms with Gasteiger partial charge in [0, 0.05) is 18.1 Å². The molecule has 0 atom stereocenters. The number of aromatic nitrogens is 3. The number of thiazole rings is 1. The smallest absolute Gasteiger partial charge is 0.309 e. The van der Waals surface area contributed by atoms with Gasteiger partial charge in [0.15, 0.2) is 0 Å². The molecule has 5 rings (SSSR count). The second kappa shape index (κ2) is 10.6. The molecule has 3 heterocycles. The molecule has 0 aliphatic heterocycles. The molecule has 1 saturated carbocycles. The SMILES string of the molecule is Cc1cc(Nc2nccc(-c3cccs3)n2)cc(-c2cnc([C@]3(O)CC[C@H](C(=O)OC(C)(C)C)CC3)s2)c1. The van der Waals surface area contributed by atoms with Gasteiger partial charge in [0.1, 0.15) is 16.2 Å². The van der Waals surface area contributed by atoms with Crippen LogP contribution in [0, 0.1) is 12.8 Å². The van der Waals surface area contributed by atoms with Gasteiger partial charge in [-0.15, -0.1) is 22.7 Å². The summed E-state index contributed by atoms with van der Waals surface area (Å²) in [6.07, 6.45) is 5.73. The summed E-state index contributed by atoms with van der Waals surface area (Å²) in [6, 6.07) is 12.2. The maximum absolute atomic E-state index is 12.5. The van der Waals surface area contributed by atoms with Gasteiger partial charge in [-0.3, -0.25) is 4.79 Å².